The number of rotatable bonds is 6. The van der Waals surface area contributed by atoms with Gasteiger partial charge < -0.3 is 5.32 Å². The number of nitrogens with zero attached hydrogens (tertiary/aromatic N) is 3. The number of para-hydroxylation sites is 3. The van der Waals surface area contributed by atoms with Gasteiger partial charge in [0.15, 0.2) is 5.13 Å². The number of nitro benzene ring substituents is 1. The third-order valence-corrected chi connectivity index (χ3v) is 4.81. The predicted molar refractivity (Wildman–Crippen MR) is 99.2 cm³/mol. The van der Waals surface area contributed by atoms with E-state index in [-0.39, 0.29) is 18.0 Å². The highest BCUT2D eigenvalue weighted by Gasteiger charge is 2.16. The summed E-state index contributed by atoms with van der Waals surface area (Å²) >= 11 is 1.45. The molecule has 0 fully saturated rings. The van der Waals surface area contributed by atoms with Gasteiger partial charge in [-0.15, -0.1) is 0 Å². The number of hydrogen-bond acceptors (Lipinski definition) is 6. The van der Waals surface area contributed by atoms with Gasteiger partial charge in [0.05, 0.1) is 15.1 Å². The van der Waals surface area contributed by atoms with E-state index in [4.69, 9.17) is 0 Å². The number of nitro groups is 1. The summed E-state index contributed by atoms with van der Waals surface area (Å²) < 4.78 is 1.02. The smallest absolute Gasteiger partial charge is 0.292 e. The highest BCUT2D eigenvalue weighted by Crippen LogP contribution is 2.28. The topological polar surface area (TPSA) is 88.4 Å². The van der Waals surface area contributed by atoms with Crippen LogP contribution in [0.3, 0.4) is 0 Å². The van der Waals surface area contributed by atoms with Crippen molar-refractivity contribution in [1.82, 2.24) is 4.98 Å². The normalized spacial score (nSPS) is 10.6. The first-order chi connectivity index (χ1) is 12.1. The number of anilines is 2. The van der Waals surface area contributed by atoms with Gasteiger partial charge in [0, 0.05) is 26.1 Å². The molecule has 1 aromatic heterocycles. The molecule has 0 saturated heterocycles. The van der Waals surface area contributed by atoms with Crippen molar-refractivity contribution in [2.24, 2.45) is 0 Å². The van der Waals surface area contributed by atoms with Gasteiger partial charge in [0.1, 0.15) is 5.69 Å². The third kappa shape index (κ3) is 3.74. The average Bonchev–Trinajstić information content (AvgIpc) is 3.05. The molecular weight excluding hydrogens is 340 g/mol. The van der Waals surface area contributed by atoms with Crippen LogP contribution in [0.2, 0.25) is 0 Å². The Morgan fingerprint density at radius 1 is 1.24 bits per heavy atom. The van der Waals surface area contributed by atoms with Crippen LogP contribution < -0.4 is 10.2 Å². The van der Waals surface area contributed by atoms with Crippen molar-refractivity contribution in [1.29, 1.82) is 0 Å². The summed E-state index contributed by atoms with van der Waals surface area (Å²) in [5.74, 6) is -0.106. The molecule has 0 spiro atoms. The standard InChI is InChI=1S/C17H16N4O3S/c1-20(17-19-13-7-3-5-9-15(13)25-17)16(22)10-11-18-12-6-2-4-8-14(12)21(23)24/h2-9,18H,10-11H2,1H3. The second-order valence-electron chi connectivity index (χ2n) is 5.37. The van der Waals surface area contributed by atoms with Crippen molar-refractivity contribution in [3.8, 4) is 0 Å². The van der Waals surface area contributed by atoms with Crippen molar-refractivity contribution < 1.29 is 9.72 Å². The third-order valence-electron chi connectivity index (χ3n) is 3.70. The van der Waals surface area contributed by atoms with Gasteiger partial charge in [-0.25, -0.2) is 4.98 Å². The van der Waals surface area contributed by atoms with Crippen LogP contribution in [0, 0.1) is 10.1 Å². The number of carbonyl (C=O) groups is 1. The summed E-state index contributed by atoms with van der Waals surface area (Å²) in [5.41, 5.74) is 1.26. The molecule has 0 unspecified atom stereocenters. The Morgan fingerprint density at radius 3 is 2.72 bits per heavy atom. The number of nitrogens with one attached hydrogen (secondary N) is 1. The molecule has 7 nitrogen and oxygen atoms in total. The van der Waals surface area contributed by atoms with Crippen molar-refractivity contribution in [3.63, 3.8) is 0 Å². The Labute approximate surface area is 148 Å². The van der Waals surface area contributed by atoms with Crippen LogP contribution in [0.1, 0.15) is 6.42 Å². The number of hydrogen-bond donors (Lipinski definition) is 1. The fourth-order valence-electron chi connectivity index (χ4n) is 2.36. The average molecular weight is 356 g/mol. The van der Waals surface area contributed by atoms with Gasteiger partial charge in [-0.1, -0.05) is 35.6 Å². The molecule has 0 aliphatic heterocycles. The minimum absolute atomic E-state index is 0.00511. The second-order valence-corrected chi connectivity index (χ2v) is 6.38. The first-order valence-electron chi connectivity index (χ1n) is 7.65. The molecule has 1 N–H and O–H groups in total. The van der Waals surface area contributed by atoms with Crippen LogP contribution in [-0.4, -0.2) is 29.4 Å². The van der Waals surface area contributed by atoms with E-state index >= 15 is 0 Å². The molecule has 0 radical (unpaired) electrons. The highest BCUT2D eigenvalue weighted by atomic mass is 32.1. The van der Waals surface area contributed by atoms with Gasteiger partial charge in [-0.2, -0.15) is 0 Å². The number of aromatic nitrogens is 1. The van der Waals surface area contributed by atoms with E-state index < -0.39 is 4.92 Å². The van der Waals surface area contributed by atoms with E-state index in [1.807, 2.05) is 24.3 Å². The zero-order valence-corrected chi connectivity index (χ0v) is 14.3. The maximum Gasteiger partial charge on any atom is 0.292 e. The van der Waals surface area contributed by atoms with E-state index in [1.54, 1.807) is 25.2 Å². The van der Waals surface area contributed by atoms with Crippen LogP contribution in [0.4, 0.5) is 16.5 Å². The quantitative estimate of drug-likeness (QED) is 0.538. The van der Waals surface area contributed by atoms with Crippen LogP contribution in [0.25, 0.3) is 10.2 Å². The zero-order valence-electron chi connectivity index (χ0n) is 13.5. The second kappa shape index (κ2) is 7.27. The first kappa shape index (κ1) is 16.8. The molecule has 1 heterocycles. The Hall–Kier alpha value is -3.00. The minimum Gasteiger partial charge on any atom is -0.379 e. The molecule has 0 aliphatic carbocycles. The van der Waals surface area contributed by atoms with Gasteiger partial charge in [-0.3, -0.25) is 19.8 Å². The Bertz CT molecular complexity index is 892. The monoisotopic (exact) mass is 356 g/mol. The molecule has 0 saturated carbocycles. The summed E-state index contributed by atoms with van der Waals surface area (Å²) in [4.78, 5) is 28.9. The van der Waals surface area contributed by atoms with Crippen LogP contribution in [0.5, 0.6) is 0 Å². The molecule has 8 heteroatoms. The number of carbonyl (C=O) groups excluding carboxylic acids is 1. The van der Waals surface area contributed by atoms with Gasteiger partial charge in [0.2, 0.25) is 5.91 Å². The van der Waals surface area contributed by atoms with E-state index in [0.29, 0.717) is 17.4 Å². The number of thiazole rings is 1. The molecule has 0 atom stereocenters. The van der Waals surface area contributed by atoms with Gasteiger partial charge in [0.25, 0.3) is 5.69 Å². The summed E-state index contributed by atoms with van der Waals surface area (Å²) in [6.45, 7) is 0.304. The molecule has 3 aromatic rings. The van der Waals surface area contributed by atoms with E-state index in [0.717, 1.165) is 10.2 Å². The molecule has 2 aromatic carbocycles. The van der Waals surface area contributed by atoms with Crippen molar-refractivity contribution in [2.45, 2.75) is 6.42 Å². The lowest BCUT2D eigenvalue weighted by atomic mass is 10.2. The Kier molecular flexibility index (Phi) is 4.90. The summed E-state index contributed by atoms with van der Waals surface area (Å²) in [7, 11) is 1.69. The molecule has 25 heavy (non-hydrogen) atoms. The summed E-state index contributed by atoms with van der Waals surface area (Å²) in [6.07, 6.45) is 0.207. The van der Waals surface area contributed by atoms with Gasteiger partial charge in [-0.05, 0) is 18.2 Å². The highest BCUT2D eigenvalue weighted by molar-refractivity contribution is 7.22. The Morgan fingerprint density at radius 2 is 1.96 bits per heavy atom. The zero-order chi connectivity index (χ0) is 17.8. The molecule has 3 rings (SSSR count). The van der Waals surface area contributed by atoms with E-state index in [1.165, 1.54) is 22.3 Å². The number of amides is 1. The molecule has 0 bridgehead atoms. The predicted octanol–water partition coefficient (Wildman–Crippen LogP) is 3.67. The van der Waals surface area contributed by atoms with Crippen LogP contribution in [-0.2, 0) is 4.79 Å². The molecule has 128 valence electrons. The molecule has 0 aliphatic rings. The molecule has 1 amide bonds. The first-order valence-corrected chi connectivity index (χ1v) is 8.47. The van der Waals surface area contributed by atoms with Crippen molar-refractivity contribution in [2.75, 3.05) is 23.8 Å². The minimum atomic E-state index is -0.447. The summed E-state index contributed by atoms with van der Waals surface area (Å²) in [6, 6.07) is 14.1. The Balaban J connectivity index is 1.62. The van der Waals surface area contributed by atoms with Crippen molar-refractivity contribution >= 4 is 44.0 Å². The molecular formula is C17H16N4O3S. The fourth-order valence-corrected chi connectivity index (χ4v) is 3.31. The number of benzene rings is 2. The SMILES string of the molecule is CN(C(=O)CCNc1ccccc1[N+](=O)[O-])c1nc2ccccc2s1. The number of fused-ring (bicyclic) bond motifs is 1. The van der Waals surface area contributed by atoms with Crippen molar-refractivity contribution in [3.05, 3.63) is 58.6 Å². The van der Waals surface area contributed by atoms with Gasteiger partial charge >= 0.3 is 0 Å². The van der Waals surface area contributed by atoms with E-state index in [9.17, 15) is 14.9 Å². The lowest BCUT2D eigenvalue weighted by Gasteiger charge is -2.14. The summed E-state index contributed by atoms with van der Waals surface area (Å²) in [5, 5.41) is 14.6. The van der Waals surface area contributed by atoms with Crippen LogP contribution >= 0.6 is 11.3 Å². The lowest BCUT2D eigenvalue weighted by molar-refractivity contribution is -0.384. The van der Waals surface area contributed by atoms with Crippen LogP contribution in [0.15, 0.2) is 48.5 Å². The fraction of sp³-hybridized carbons (Fsp3) is 0.176. The lowest BCUT2D eigenvalue weighted by Crippen LogP contribution is -2.27. The maximum absolute atomic E-state index is 12.3. The van der Waals surface area contributed by atoms with E-state index in [2.05, 4.69) is 10.3 Å². The largest absolute Gasteiger partial charge is 0.379 e. The maximum atomic E-state index is 12.3.